The molecule has 20 heavy (non-hydrogen) atoms. The van der Waals surface area contributed by atoms with Crippen LogP contribution in [-0.4, -0.2) is 13.1 Å². The highest BCUT2D eigenvalue weighted by molar-refractivity contribution is 5.89. The number of rotatable bonds is 4. The standard InChI is InChI=1S/C15H17N3O2/c1-20-14-8-6-13(7-9-14)18-15(19)17-10-11-2-4-12(16)5-3-11/h2-9H,10,16H2,1H3,(H2,17,18,19). The van der Waals surface area contributed by atoms with E-state index in [1.165, 1.54) is 0 Å². The van der Waals surface area contributed by atoms with Crippen molar-refractivity contribution < 1.29 is 9.53 Å². The van der Waals surface area contributed by atoms with Crippen molar-refractivity contribution in [3.8, 4) is 5.75 Å². The largest absolute Gasteiger partial charge is 0.497 e. The van der Waals surface area contributed by atoms with E-state index in [2.05, 4.69) is 10.6 Å². The Bertz CT molecular complexity index is 565. The zero-order valence-electron chi connectivity index (χ0n) is 11.2. The van der Waals surface area contributed by atoms with Crippen LogP contribution in [-0.2, 0) is 6.54 Å². The maximum atomic E-state index is 11.7. The molecular weight excluding hydrogens is 254 g/mol. The molecule has 2 rings (SSSR count). The van der Waals surface area contributed by atoms with Crippen molar-refractivity contribution in [3.05, 3.63) is 54.1 Å². The van der Waals surface area contributed by atoms with Crippen LogP contribution < -0.4 is 21.1 Å². The second-order valence-corrected chi connectivity index (χ2v) is 4.28. The first-order chi connectivity index (χ1) is 9.67. The van der Waals surface area contributed by atoms with Crippen molar-refractivity contribution in [2.45, 2.75) is 6.54 Å². The highest BCUT2D eigenvalue weighted by Gasteiger charge is 2.02. The number of hydrogen-bond acceptors (Lipinski definition) is 3. The van der Waals surface area contributed by atoms with E-state index < -0.39 is 0 Å². The molecule has 0 spiro atoms. The molecular formula is C15H17N3O2. The summed E-state index contributed by atoms with van der Waals surface area (Å²) in [5.41, 5.74) is 8.00. The van der Waals surface area contributed by atoms with Crippen LogP contribution in [0.5, 0.6) is 5.75 Å². The molecule has 0 fully saturated rings. The molecule has 0 aliphatic heterocycles. The molecule has 5 nitrogen and oxygen atoms in total. The number of methoxy groups -OCH3 is 1. The minimum absolute atomic E-state index is 0.257. The van der Waals surface area contributed by atoms with Gasteiger partial charge in [0.1, 0.15) is 5.75 Å². The van der Waals surface area contributed by atoms with Gasteiger partial charge in [0.2, 0.25) is 0 Å². The lowest BCUT2D eigenvalue weighted by molar-refractivity contribution is 0.251. The van der Waals surface area contributed by atoms with Gasteiger partial charge in [-0.3, -0.25) is 0 Å². The number of hydrogen-bond donors (Lipinski definition) is 3. The zero-order chi connectivity index (χ0) is 14.4. The molecule has 0 bridgehead atoms. The average Bonchev–Trinajstić information content (AvgIpc) is 2.47. The third-order valence-corrected chi connectivity index (χ3v) is 2.78. The Hall–Kier alpha value is -2.69. The van der Waals surface area contributed by atoms with Crippen molar-refractivity contribution in [2.75, 3.05) is 18.2 Å². The number of ether oxygens (including phenoxy) is 1. The Morgan fingerprint density at radius 1 is 1.10 bits per heavy atom. The molecule has 0 heterocycles. The molecule has 4 N–H and O–H groups in total. The van der Waals surface area contributed by atoms with Crippen LogP contribution in [0, 0.1) is 0 Å². The van der Waals surface area contributed by atoms with Gasteiger partial charge in [-0.25, -0.2) is 4.79 Å². The lowest BCUT2D eigenvalue weighted by Crippen LogP contribution is -2.28. The highest BCUT2D eigenvalue weighted by atomic mass is 16.5. The number of anilines is 2. The molecule has 0 atom stereocenters. The molecule has 0 aromatic heterocycles. The van der Waals surface area contributed by atoms with E-state index in [4.69, 9.17) is 10.5 Å². The van der Waals surface area contributed by atoms with Crippen LogP contribution in [0.2, 0.25) is 0 Å². The van der Waals surface area contributed by atoms with Gasteiger partial charge in [-0.2, -0.15) is 0 Å². The number of carbonyl (C=O) groups is 1. The summed E-state index contributed by atoms with van der Waals surface area (Å²) in [5, 5.41) is 5.52. The van der Waals surface area contributed by atoms with Crippen molar-refractivity contribution in [3.63, 3.8) is 0 Å². The van der Waals surface area contributed by atoms with Crippen LogP contribution in [0.1, 0.15) is 5.56 Å². The third kappa shape index (κ3) is 3.91. The average molecular weight is 271 g/mol. The number of benzene rings is 2. The summed E-state index contributed by atoms with van der Waals surface area (Å²) < 4.78 is 5.05. The molecule has 0 saturated carbocycles. The highest BCUT2D eigenvalue weighted by Crippen LogP contribution is 2.14. The van der Waals surface area contributed by atoms with Gasteiger partial charge in [0.25, 0.3) is 0 Å². The molecule has 0 unspecified atom stereocenters. The minimum atomic E-state index is -0.257. The minimum Gasteiger partial charge on any atom is -0.497 e. The summed E-state index contributed by atoms with van der Waals surface area (Å²) in [6.07, 6.45) is 0. The number of urea groups is 1. The number of nitrogens with two attached hydrogens (primary N) is 1. The summed E-state index contributed by atoms with van der Waals surface area (Å²) in [4.78, 5) is 11.7. The Morgan fingerprint density at radius 2 is 1.75 bits per heavy atom. The fourth-order valence-corrected chi connectivity index (χ4v) is 1.67. The van der Waals surface area contributed by atoms with Gasteiger partial charge in [0.05, 0.1) is 7.11 Å². The lowest BCUT2D eigenvalue weighted by atomic mass is 10.2. The van der Waals surface area contributed by atoms with E-state index in [0.29, 0.717) is 17.9 Å². The van der Waals surface area contributed by atoms with Gasteiger partial charge >= 0.3 is 6.03 Å². The molecule has 2 amide bonds. The maximum Gasteiger partial charge on any atom is 0.319 e. The zero-order valence-corrected chi connectivity index (χ0v) is 11.2. The van der Waals surface area contributed by atoms with Crippen LogP contribution in [0.15, 0.2) is 48.5 Å². The first-order valence-electron chi connectivity index (χ1n) is 6.21. The molecule has 5 heteroatoms. The second kappa shape index (κ2) is 6.47. The van der Waals surface area contributed by atoms with Crippen molar-refractivity contribution in [1.82, 2.24) is 5.32 Å². The normalized spacial score (nSPS) is 9.85. The third-order valence-electron chi connectivity index (χ3n) is 2.78. The number of nitrogen functional groups attached to an aromatic ring is 1. The smallest absolute Gasteiger partial charge is 0.319 e. The van der Waals surface area contributed by atoms with Crippen molar-refractivity contribution >= 4 is 17.4 Å². The molecule has 0 radical (unpaired) electrons. The number of nitrogens with one attached hydrogen (secondary N) is 2. The SMILES string of the molecule is COc1ccc(NC(=O)NCc2ccc(N)cc2)cc1. The summed E-state index contributed by atoms with van der Waals surface area (Å²) >= 11 is 0. The van der Waals surface area contributed by atoms with Gasteiger partial charge in [0, 0.05) is 17.9 Å². The fourth-order valence-electron chi connectivity index (χ4n) is 1.67. The Kier molecular flexibility index (Phi) is 4.44. The lowest BCUT2D eigenvalue weighted by Gasteiger charge is -2.08. The van der Waals surface area contributed by atoms with Crippen LogP contribution in [0.4, 0.5) is 16.2 Å². The molecule has 0 saturated heterocycles. The van der Waals surface area contributed by atoms with Crippen LogP contribution in [0.25, 0.3) is 0 Å². The molecule has 0 aliphatic carbocycles. The van der Waals surface area contributed by atoms with Crippen LogP contribution in [0.3, 0.4) is 0 Å². The molecule has 2 aromatic carbocycles. The number of carbonyl (C=O) groups excluding carboxylic acids is 1. The van der Waals surface area contributed by atoms with Gasteiger partial charge in [-0.05, 0) is 42.0 Å². The first-order valence-corrected chi connectivity index (χ1v) is 6.21. The number of amides is 2. The predicted molar refractivity (Wildman–Crippen MR) is 79.7 cm³/mol. The van der Waals surface area contributed by atoms with Gasteiger partial charge in [-0.15, -0.1) is 0 Å². The van der Waals surface area contributed by atoms with E-state index in [9.17, 15) is 4.79 Å². The van der Waals surface area contributed by atoms with Gasteiger partial charge in [-0.1, -0.05) is 12.1 Å². The van der Waals surface area contributed by atoms with E-state index in [-0.39, 0.29) is 6.03 Å². The summed E-state index contributed by atoms with van der Waals surface area (Å²) in [6, 6.07) is 14.2. The summed E-state index contributed by atoms with van der Waals surface area (Å²) in [6.45, 7) is 0.447. The first kappa shape index (κ1) is 13.7. The van der Waals surface area contributed by atoms with Gasteiger partial charge in [0.15, 0.2) is 0 Å². The molecule has 104 valence electrons. The second-order valence-electron chi connectivity index (χ2n) is 4.28. The quantitative estimate of drug-likeness (QED) is 0.748. The Balaban J connectivity index is 1.84. The maximum absolute atomic E-state index is 11.7. The van der Waals surface area contributed by atoms with Crippen molar-refractivity contribution in [2.24, 2.45) is 0 Å². The fraction of sp³-hybridized carbons (Fsp3) is 0.133. The van der Waals surface area contributed by atoms with Crippen molar-refractivity contribution in [1.29, 1.82) is 0 Å². The predicted octanol–water partition coefficient (Wildman–Crippen LogP) is 2.60. The van der Waals surface area contributed by atoms with E-state index in [1.807, 2.05) is 12.1 Å². The molecule has 0 aliphatic rings. The Morgan fingerprint density at radius 3 is 2.35 bits per heavy atom. The van der Waals surface area contributed by atoms with E-state index in [0.717, 1.165) is 11.3 Å². The topological polar surface area (TPSA) is 76.4 Å². The van der Waals surface area contributed by atoms with Gasteiger partial charge < -0.3 is 21.1 Å². The monoisotopic (exact) mass is 271 g/mol. The van der Waals surface area contributed by atoms with E-state index in [1.54, 1.807) is 43.5 Å². The van der Waals surface area contributed by atoms with E-state index >= 15 is 0 Å². The summed E-state index contributed by atoms with van der Waals surface area (Å²) in [5.74, 6) is 0.748. The Labute approximate surface area is 117 Å². The summed E-state index contributed by atoms with van der Waals surface area (Å²) in [7, 11) is 1.60. The van der Waals surface area contributed by atoms with Crippen LogP contribution >= 0.6 is 0 Å². The molecule has 2 aromatic rings.